The first kappa shape index (κ1) is 15.1. The first-order valence-electron chi connectivity index (χ1n) is 4.35. The van der Waals surface area contributed by atoms with Crippen LogP contribution in [-0.4, -0.2) is 28.7 Å². The Hall–Kier alpha value is 0.656. The van der Waals surface area contributed by atoms with Crippen molar-refractivity contribution in [3.8, 4) is 0 Å². The fourth-order valence-electron chi connectivity index (χ4n) is 1.73. The Labute approximate surface area is 90.4 Å². The Balaban J connectivity index is 0. The van der Waals surface area contributed by atoms with E-state index >= 15 is 0 Å². The minimum absolute atomic E-state index is 0. The molecule has 68 valence electrons. The molecule has 0 aromatic heterocycles. The molecule has 0 spiro atoms. The quantitative estimate of drug-likeness (QED) is 0.447. The first-order chi connectivity index (χ1) is 4.65. The average molecular weight is 185 g/mol. The molecule has 1 fully saturated rings. The predicted octanol–water partition coefficient (Wildman–Crippen LogP) is -1.67. The Morgan fingerprint density at radius 2 is 1.50 bits per heavy atom. The van der Waals surface area contributed by atoms with Crippen molar-refractivity contribution in [3.63, 3.8) is 0 Å². The van der Waals surface area contributed by atoms with Gasteiger partial charge in [-0.1, -0.05) is 51.9 Å². The zero-order valence-electron chi connectivity index (χ0n) is 8.11. The van der Waals surface area contributed by atoms with Crippen LogP contribution in [0.3, 0.4) is 0 Å². The normalized spacial score (nSPS) is 21.0. The monoisotopic (exact) mass is 184 g/mol. The van der Waals surface area contributed by atoms with Crippen LogP contribution in [0.4, 0.5) is 0 Å². The fourth-order valence-corrected chi connectivity index (χ4v) is 1.73. The standard InChI is InChI=1S/C9H17O.FH.Mg/c1-8(2)9(10)6-4-3-5-7-9;;/h8H,3-7H2,1-2H3;1H;/q-1;;+2/p-1. The summed E-state index contributed by atoms with van der Waals surface area (Å²) in [5, 5.41) is 11.8. The summed E-state index contributed by atoms with van der Waals surface area (Å²) in [5.41, 5.74) is -0.571. The molecular weight excluding hydrogens is 167 g/mol. The van der Waals surface area contributed by atoms with Crippen LogP contribution in [-0.2, 0) is 0 Å². The van der Waals surface area contributed by atoms with Gasteiger partial charge in [0.1, 0.15) is 0 Å². The third-order valence-electron chi connectivity index (χ3n) is 2.75. The van der Waals surface area contributed by atoms with E-state index < -0.39 is 5.60 Å². The van der Waals surface area contributed by atoms with Gasteiger partial charge in [-0.15, -0.1) is 5.60 Å². The topological polar surface area (TPSA) is 23.1 Å². The summed E-state index contributed by atoms with van der Waals surface area (Å²) in [6, 6.07) is 0. The summed E-state index contributed by atoms with van der Waals surface area (Å²) < 4.78 is 0. The first-order valence-corrected chi connectivity index (χ1v) is 4.35. The molecule has 3 heteroatoms. The summed E-state index contributed by atoms with van der Waals surface area (Å²) in [6.07, 6.45) is 5.40. The molecule has 0 aliphatic heterocycles. The second kappa shape index (κ2) is 6.16. The molecule has 0 N–H and O–H groups in total. The summed E-state index contributed by atoms with van der Waals surface area (Å²) in [5.74, 6) is 0.327. The maximum Gasteiger partial charge on any atom is 2.00 e. The van der Waals surface area contributed by atoms with Crippen molar-refractivity contribution >= 4 is 23.1 Å². The van der Waals surface area contributed by atoms with Gasteiger partial charge in [-0.05, 0) is 0 Å². The van der Waals surface area contributed by atoms with Gasteiger partial charge >= 0.3 is 23.1 Å². The smallest absolute Gasteiger partial charge is 1.00 e. The van der Waals surface area contributed by atoms with E-state index in [4.69, 9.17) is 0 Å². The van der Waals surface area contributed by atoms with E-state index in [0.717, 1.165) is 25.7 Å². The zero-order chi connectivity index (χ0) is 7.61. The molecule has 1 rings (SSSR count). The van der Waals surface area contributed by atoms with Gasteiger partial charge in [-0.25, -0.2) is 0 Å². The van der Waals surface area contributed by atoms with Crippen LogP contribution in [0.15, 0.2) is 0 Å². The summed E-state index contributed by atoms with van der Waals surface area (Å²) >= 11 is 0. The van der Waals surface area contributed by atoms with Crippen molar-refractivity contribution in [2.75, 3.05) is 0 Å². The minimum Gasteiger partial charge on any atom is -1.00 e. The molecule has 0 saturated heterocycles. The van der Waals surface area contributed by atoms with Crippen LogP contribution < -0.4 is 9.81 Å². The second-order valence-corrected chi connectivity index (χ2v) is 3.78. The van der Waals surface area contributed by atoms with Gasteiger partial charge in [0.15, 0.2) is 0 Å². The molecule has 0 bridgehead atoms. The Morgan fingerprint density at radius 3 is 1.75 bits per heavy atom. The fraction of sp³-hybridized carbons (Fsp3) is 1.00. The molecule has 1 saturated carbocycles. The number of hydrogen-bond donors (Lipinski definition) is 0. The van der Waals surface area contributed by atoms with Crippen LogP contribution in [0.1, 0.15) is 46.0 Å². The van der Waals surface area contributed by atoms with E-state index in [1.165, 1.54) is 6.42 Å². The molecule has 1 aliphatic rings. The molecule has 12 heavy (non-hydrogen) atoms. The van der Waals surface area contributed by atoms with Gasteiger partial charge in [-0.2, -0.15) is 0 Å². The van der Waals surface area contributed by atoms with Crippen molar-refractivity contribution in [3.05, 3.63) is 0 Å². The van der Waals surface area contributed by atoms with E-state index in [1.807, 2.05) is 0 Å². The van der Waals surface area contributed by atoms with E-state index in [9.17, 15) is 5.11 Å². The van der Waals surface area contributed by atoms with Crippen molar-refractivity contribution in [1.29, 1.82) is 0 Å². The van der Waals surface area contributed by atoms with Gasteiger partial charge < -0.3 is 9.81 Å². The van der Waals surface area contributed by atoms with E-state index in [0.29, 0.717) is 5.92 Å². The second-order valence-electron chi connectivity index (χ2n) is 3.78. The van der Waals surface area contributed by atoms with E-state index in [2.05, 4.69) is 13.8 Å². The van der Waals surface area contributed by atoms with Gasteiger partial charge in [0, 0.05) is 0 Å². The zero-order valence-corrected chi connectivity index (χ0v) is 9.52. The molecular formula is C9H17FMgO. The largest absolute Gasteiger partial charge is 2.00 e. The van der Waals surface area contributed by atoms with Crippen LogP contribution in [0, 0.1) is 5.92 Å². The maximum atomic E-state index is 11.8. The molecule has 0 aromatic carbocycles. The molecule has 0 radical (unpaired) electrons. The van der Waals surface area contributed by atoms with Gasteiger partial charge in [0.25, 0.3) is 0 Å². The Bertz CT molecular complexity index is 111. The SMILES string of the molecule is CC(C)C1([O-])CCCCC1.[F-].[Mg+2]. The van der Waals surface area contributed by atoms with Gasteiger partial charge in [0.2, 0.25) is 0 Å². The molecule has 0 unspecified atom stereocenters. The van der Waals surface area contributed by atoms with Gasteiger partial charge in [-0.3, -0.25) is 0 Å². The van der Waals surface area contributed by atoms with E-state index in [-0.39, 0.29) is 27.8 Å². The number of halogens is 1. The number of rotatable bonds is 1. The predicted molar refractivity (Wildman–Crippen MR) is 46.4 cm³/mol. The molecule has 0 atom stereocenters. The summed E-state index contributed by atoms with van der Waals surface area (Å²) in [6.45, 7) is 4.11. The van der Waals surface area contributed by atoms with Crippen LogP contribution in [0.2, 0.25) is 0 Å². The van der Waals surface area contributed by atoms with Crippen molar-refractivity contribution in [2.24, 2.45) is 5.92 Å². The molecule has 0 heterocycles. The third-order valence-corrected chi connectivity index (χ3v) is 2.75. The maximum absolute atomic E-state index is 11.8. The molecule has 1 nitrogen and oxygen atoms in total. The summed E-state index contributed by atoms with van der Waals surface area (Å²) in [4.78, 5) is 0. The van der Waals surface area contributed by atoms with Crippen LogP contribution in [0.25, 0.3) is 0 Å². The average Bonchev–Trinajstić information content (AvgIpc) is 1.89. The van der Waals surface area contributed by atoms with Crippen LogP contribution in [0.5, 0.6) is 0 Å². The van der Waals surface area contributed by atoms with Crippen molar-refractivity contribution in [1.82, 2.24) is 0 Å². The van der Waals surface area contributed by atoms with Crippen molar-refractivity contribution < 1.29 is 9.81 Å². The van der Waals surface area contributed by atoms with E-state index in [1.54, 1.807) is 0 Å². The van der Waals surface area contributed by atoms with Crippen molar-refractivity contribution in [2.45, 2.75) is 51.6 Å². The van der Waals surface area contributed by atoms with Crippen LogP contribution >= 0.6 is 0 Å². The Morgan fingerprint density at radius 1 is 1.08 bits per heavy atom. The van der Waals surface area contributed by atoms with Gasteiger partial charge in [0.05, 0.1) is 0 Å². The minimum atomic E-state index is -0.571. The molecule has 0 aromatic rings. The molecule has 0 amide bonds. The Kier molecular flexibility index (Phi) is 7.78. The number of hydrogen-bond acceptors (Lipinski definition) is 1. The molecule has 1 aliphatic carbocycles. The third kappa shape index (κ3) is 3.58. The summed E-state index contributed by atoms with van der Waals surface area (Å²) in [7, 11) is 0.